The van der Waals surface area contributed by atoms with Gasteiger partial charge in [0.2, 0.25) is 0 Å². The minimum Gasteiger partial charge on any atom is -0.596 e. The summed E-state index contributed by atoms with van der Waals surface area (Å²) in [4.78, 5) is 0.981. The van der Waals surface area contributed by atoms with Crippen molar-refractivity contribution in [3.8, 4) is 0 Å². The van der Waals surface area contributed by atoms with Crippen LogP contribution < -0.4 is 5.01 Å². The number of hydrogen-bond donors (Lipinski definition) is 0. The van der Waals surface area contributed by atoms with E-state index in [4.69, 9.17) is 0 Å². The Morgan fingerprint density at radius 1 is 1.31 bits per heavy atom. The molecule has 0 fully saturated rings. The third kappa shape index (κ3) is 1.37. The second-order valence-electron chi connectivity index (χ2n) is 3.22. The Balaban J connectivity index is 2.30. The van der Waals surface area contributed by atoms with E-state index in [1.165, 1.54) is 0 Å². The molecule has 13 heavy (non-hydrogen) atoms. The third-order valence-electron chi connectivity index (χ3n) is 2.29. The molecule has 0 aromatic heterocycles. The van der Waals surface area contributed by atoms with Crippen molar-refractivity contribution in [2.45, 2.75) is 13.3 Å². The Bertz CT molecular complexity index is 332. The molecule has 0 bridgehead atoms. The van der Waals surface area contributed by atoms with E-state index in [-0.39, 0.29) is 0 Å². The van der Waals surface area contributed by atoms with Gasteiger partial charge in [0.1, 0.15) is 5.69 Å². The summed E-state index contributed by atoms with van der Waals surface area (Å²) in [5, 5.41) is 13.3. The van der Waals surface area contributed by atoms with Crippen LogP contribution in [0, 0.1) is 5.21 Å². The number of hydrogen-bond acceptors (Lipinski definition) is 2. The van der Waals surface area contributed by atoms with E-state index in [1.54, 1.807) is 5.01 Å². The van der Waals surface area contributed by atoms with Crippen molar-refractivity contribution in [3.63, 3.8) is 0 Å². The van der Waals surface area contributed by atoms with Crippen LogP contribution in [0.2, 0.25) is 0 Å². The summed E-state index contributed by atoms with van der Waals surface area (Å²) in [5.74, 6) is 0. The van der Waals surface area contributed by atoms with Gasteiger partial charge in [0, 0.05) is 6.92 Å². The number of nitrogens with zero attached hydrogens (tertiary/aromatic N) is 2. The van der Waals surface area contributed by atoms with Gasteiger partial charge < -0.3 is 5.21 Å². The number of rotatable bonds is 1. The van der Waals surface area contributed by atoms with Crippen molar-refractivity contribution < 1.29 is 4.85 Å². The fourth-order valence-electron chi connectivity index (χ4n) is 1.49. The number of hydrazone groups is 1. The van der Waals surface area contributed by atoms with Crippen LogP contribution in [0.1, 0.15) is 13.3 Å². The SMILES string of the molecule is CC1=[N+]([O-])N(c2ccccc2)CC1. The van der Waals surface area contributed by atoms with Crippen LogP contribution in [0.4, 0.5) is 5.69 Å². The molecule has 1 heterocycles. The lowest BCUT2D eigenvalue weighted by atomic mass is 10.3. The fourth-order valence-corrected chi connectivity index (χ4v) is 1.49. The van der Waals surface area contributed by atoms with Gasteiger partial charge in [-0.15, -0.1) is 5.01 Å². The molecule has 0 spiro atoms. The van der Waals surface area contributed by atoms with Crippen molar-refractivity contribution in [2.75, 3.05) is 11.6 Å². The molecule has 0 saturated heterocycles. The Morgan fingerprint density at radius 3 is 2.54 bits per heavy atom. The van der Waals surface area contributed by atoms with Crippen molar-refractivity contribution in [1.29, 1.82) is 0 Å². The van der Waals surface area contributed by atoms with E-state index in [1.807, 2.05) is 37.3 Å². The maximum atomic E-state index is 11.5. The Morgan fingerprint density at radius 2 is 2.00 bits per heavy atom. The van der Waals surface area contributed by atoms with Gasteiger partial charge in [-0.05, 0) is 12.1 Å². The highest BCUT2D eigenvalue weighted by molar-refractivity contribution is 5.79. The first-order valence-electron chi connectivity index (χ1n) is 4.41. The molecule has 0 aliphatic carbocycles. The van der Waals surface area contributed by atoms with Gasteiger partial charge in [-0.25, -0.2) is 0 Å². The zero-order valence-corrected chi connectivity index (χ0v) is 7.60. The summed E-state index contributed by atoms with van der Waals surface area (Å²) in [6.07, 6.45) is 0.860. The predicted molar refractivity (Wildman–Crippen MR) is 52.7 cm³/mol. The molecule has 0 radical (unpaired) electrons. The van der Waals surface area contributed by atoms with Gasteiger partial charge in [-0.1, -0.05) is 23.0 Å². The number of para-hydroxylation sites is 1. The van der Waals surface area contributed by atoms with Crippen molar-refractivity contribution in [2.24, 2.45) is 0 Å². The fraction of sp³-hybridized carbons (Fsp3) is 0.300. The van der Waals surface area contributed by atoms with Crippen molar-refractivity contribution >= 4 is 11.4 Å². The quantitative estimate of drug-likeness (QED) is 0.482. The molecule has 2 rings (SSSR count). The summed E-state index contributed by atoms with van der Waals surface area (Å²) in [5.41, 5.74) is 1.85. The lowest BCUT2D eigenvalue weighted by molar-refractivity contribution is -0.464. The molecule has 68 valence electrons. The molecular weight excluding hydrogens is 164 g/mol. The molecule has 3 heteroatoms. The van der Waals surface area contributed by atoms with Gasteiger partial charge in [-0.3, -0.25) is 0 Å². The lowest BCUT2D eigenvalue weighted by Gasteiger charge is -2.15. The minimum atomic E-state index is 0.791. The van der Waals surface area contributed by atoms with Gasteiger partial charge in [0.05, 0.1) is 13.0 Å². The molecule has 1 aromatic carbocycles. The molecule has 0 saturated carbocycles. The van der Waals surface area contributed by atoms with Crippen LogP contribution in [-0.2, 0) is 0 Å². The molecule has 0 unspecified atom stereocenters. The topological polar surface area (TPSA) is 29.3 Å². The summed E-state index contributed by atoms with van der Waals surface area (Å²) >= 11 is 0. The van der Waals surface area contributed by atoms with Gasteiger partial charge in [-0.2, -0.15) is 0 Å². The normalized spacial score (nSPS) is 16.8. The third-order valence-corrected chi connectivity index (χ3v) is 2.29. The molecule has 1 aromatic rings. The maximum absolute atomic E-state index is 11.5. The van der Waals surface area contributed by atoms with Crippen molar-refractivity contribution in [3.05, 3.63) is 35.5 Å². The predicted octanol–water partition coefficient (Wildman–Crippen LogP) is 1.78. The summed E-state index contributed by atoms with van der Waals surface area (Å²) in [6.45, 7) is 2.66. The Kier molecular flexibility index (Phi) is 1.93. The van der Waals surface area contributed by atoms with Crippen molar-refractivity contribution in [1.82, 2.24) is 0 Å². The molecule has 1 aliphatic rings. The van der Waals surface area contributed by atoms with Crippen LogP contribution in [0.15, 0.2) is 30.3 Å². The molecule has 3 nitrogen and oxygen atoms in total. The van der Waals surface area contributed by atoms with Crippen LogP contribution >= 0.6 is 0 Å². The van der Waals surface area contributed by atoms with E-state index in [2.05, 4.69) is 0 Å². The highest BCUT2D eigenvalue weighted by atomic mass is 16.5. The van der Waals surface area contributed by atoms with Crippen LogP contribution in [-0.4, -0.2) is 17.1 Å². The zero-order chi connectivity index (χ0) is 9.26. The largest absolute Gasteiger partial charge is 0.596 e. The summed E-state index contributed by atoms with van der Waals surface area (Å²) in [7, 11) is 0. The number of hydrazine groups is 1. The minimum absolute atomic E-state index is 0.791. The van der Waals surface area contributed by atoms with Gasteiger partial charge in [0.25, 0.3) is 0 Å². The monoisotopic (exact) mass is 176 g/mol. The average molecular weight is 176 g/mol. The van der Waals surface area contributed by atoms with E-state index in [0.29, 0.717) is 0 Å². The molecule has 1 aliphatic heterocycles. The van der Waals surface area contributed by atoms with E-state index in [0.717, 1.165) is 29.2 Å². The van der Waals surface area contributed by atoms with Gasteiger partial charge >= 0.3 is 0 Å². The average Bonchev–Trinajstić information content (AvgIpc) is 2.49. The molecule has 0 N–H and O–H groups in total. The van der Waals surface area contributed by atoms with Crippen LogP contribution in [0.5, 0.6) is 0 Å². The first-order valence-corrected chi connectivity index (χ1v) is 4.41. The molecule has 0 amide bonds. The lowest BCUT2D eigenvalue weighted by Crippen LogP contribution is -2.27. The maximum Gasteiger partial charge on any atom is 0.195 e. The van der Waals surface area contributed by atoms with Gasteiger partial charge in [0.15, 0.2) is 5.71 Å². The molecule has 0 atom stereocenters. The van der Waals surface area contributed by atoms with Crippen LogP contribution in [0.3, 0.4) is 0 Å². The number of benzene rings is 1. The van der Waals surface area contributed by atoms with E-state index < -0.39 is 0 Å². The summed E-state index contributed by atoms with van der Waals surface area (Å²) < 4.78 is 0. The second-order valence-corrected chi connectivity index (χ2v) is 3.22. The highest BCUT2D eigenvalue weighted by Gasteiger charge is 2.23. The standard InChI is InChI=1S/C10H12N2O/c1-9-7-8-11(12(9)13)10-5-3-2-4-6-10/h2-6H,7-8H2,1H3. The van der Waals surface area contributed by atoms with E-state index in [9.17, 15) is 5.21 Å². The highest BCUT2D eigenvalue weighted by Crippen LogP contribution is 2.17. The Hall–Kier alpha value is -1.51. The smallest absolute Gasteiger partial charge is 0.195 e. The Labute approximate surface area is 77.5 Å². The first kappa shape index (κ1) is 8.10. The van der Waals surface area contributed by atoms with E-state index >= 15 is 0 Å². The van der Waals surface area contributed by atoms with Crippen LogP contribution in [0.25, 0.3) is 0 Å². The summed E-state index contributed by atoms with van der Waals surface area (Å²) in [6, 6.07) is 9.73. The molecular formula is C10H12N2O. The zero-order valence-electron chi connectivity index (χ0n) is 7.60. The number of anilines is 1. The second kappa shape index (κ2) is 3.09. The first-order chi connectivity index (χ1) is 6.29.